The first-order valence-electron chi connectivity index (χ1n) is 9.53. The van der Waals surface area contributed by atoms with Gasteiger partial charge in [-0.15, -0.1) is 0 Å². The lowest BCUT2D eigenvalue weighted by molar-refractivity contribution is -0.137. The van der Waals surface area contributed by atoms with Crippen molar-refractivity contribution in [1.82, 2.24) is 15.3 Å². The van der Waals surface area contributed by atoms with Crippen molar-refractivity contribution in [2.45, 2.75) is 12.6 Å². The molecule has 0 unspecified atom stereocenters. The third-order valence-corrected chi connectivity index (χ3v) is 5.02. The number of alkyl halides is 3. The number of nitrogens with zero attached hydrogens (tertiary/aromatic N) is 3. The van der Waals surface area contributed by atoms with Gasteiger partial charge < -0.3 is 5.32 Å². The Morgan fingerprint density at radius 3 is 2.26 bits per heavy atom. The van der Waals surface area contributed by atoms with E-state index in [0.717, 1.165) is 52.1 Å². The van der Waals surface area contributed by atoms with Crippen molar-refractivity contribution in [1.29, 1.82) is 5.26 Å². The SMILES string of the molecule is CNC#N.FC(F)(F)c1ccc(-c2ccc3nc4c(nc3c2)-c2ccccc2C4)cc1. The molecule has 0 radical (unpaired) electrons. The first kappa shape index (κ1) is 20.4. The summed E-state index contributed by atoms with van der Waals surface area (Å²) >= 11 is 0. The second kappa shape index (κ2) is 8.07. The Balaban J connectivity index is 0.000000535. The average Bonchev–Trinajstić information content (AvgIpc) is 3.14. The molecule has 1 heterocycles. The van der Waals surface area contributed by atoms with E-state index < -0.39 is 11.7 Å². The Morgan fingerprint density at radius 1 is 0.903 bits per heavy atom. The number of aromatic nitrogens is 2. The molecule has 1 N–H and O–H groups in total. The van der Waals surface area contributed by atoms with Gasteiger partial charge in [0.2, 0.25) is 0 Å². The number of hydrogen-bond acceptors (Lipinski definition) is 4. The fourth-order valence-corrected chi connectivity index (χ4v) is 3.55. The lowest BCUT2D eigenvalue weighted by Crippen LogP contribution is -2.03. The Kier molecular flexibility index (Phi) is 5.30. The minimum absolute atomic E-state index is 0.652. The number of hydrogen-bond donors (Lipinski definition) is 1. The Bertz CT molecular complexity index is 1290. The van der Waals surface area contributed by atoms with Crippen molar-refractivity contribution in [2.75, 3.05) is 7.05 Å². The van der Waals surface area contributed by atoms with Crippen molar-refractivity contribution < 1.29 is 13.2 Å². The first-order valence-corrected chi connectivity index (χ1v) is 9.53. The standard InChI is InChI=1S/C22H13F3N2.C2H4N2/c23-22(24,25)16-8-5-13(6-9-16)14-7-10-18-19(11-14)27-21-17-4-2-1-3-15(17)12-20(21)26-18;1-4-2-3/h1-11H,12H2;4H,1H3. The lowest BCUT2D eigenvalue weighted by atomic mass is 10.0. The summed E-state index contributed by atoms with van der Waals surface area (Å²) in [6.45, 7) is 0. The van der Waals surface area contributed by atoms with E-state index in [4.69, 9.17) is 15.2 Å². The molecule has 0 bridgehead atoms. The molecule has 0 saturated heterocycles. The Labute approximate surface area is 177 Å². The highest BCUT2D eigenvalue weighted by molar-refractivity contribution is 5.85. The van der Waals surface area contributed by atoms with E-state index in [9.17, 15) is 13.2 Å². The molecule has 154 valence electrons. The van der Waals surface area contributed by atoms with Gasteiger partial charge in [-0.3, -0.25) is 0 Å². The van der Waals surface area contributed by atoms with Crippen molar-refractivity contribution in [2.24, 2.45) is 0 Å². The first-order chi connectivity index (χ1) is 14.9. The van der Waals surface area contributed by atoms with E-state index in [1.807, 2.05) is 36.4 Å². The summed E-state index contributed by atoms with van der Waals surface area (Å²) in [5, 5.41) is 9.75. The zero-order valence-corrected chi connectivity index (χ0v) is 16.5. The summed E-state index contributed by atoms with van der Waals surface area (Å²) in [5.74, 6) is 0. The third-order valence-electron chi connectivity index (χ3n) is 5.02. The molecule has 4 nitrogen and oxygen atoms in total. The second-order valence-electron chi connectivity index (χ2n) is 6.99. The number of fused-ring (bicyclic) bond motifs is 4. The average molecular weight is 418 g/mol. The van der Waals surface area contributed by atoms with E-state index in [1.165, 1.54) is 17.7 Å². The minimum Gasteiger partial charge on any atom is -0.327 e. The molecule has 1 aliphatic carbocycles. The molecule has 31 heavy (non-hydrogen) atoms. The van der Waals surface area contributed by atoms with Gasteiger partial charge in [-0.1, -0.05) is 42.5 Å². The smallest absolute Gasteiger partial charge is 0.327 e. The molecule has 7 heteroatoms. The van der Waals surface area contributed by atoms with Gasteiger partial charge in [-0.2, -0.15) is 18.4 Å². The van der Waals surface area contributed by atoms with Crippen molar-refractivity contribution in [3.63, 3.8) is 0 Å². The predicted molar refractivity (Wildman–Crippen MR) is 113 cm³/mol. The van der Waals surface area contributed by atoms with Crippen LogP contribution in [0.25, 0.3) is 33.4 Å². The highest BCUT2D eigenvalue weighted by atomic mass is 19.4. The molecule has 3 aromatic carbocycles. The van der Waals surface area contributed by atoms with Gasteiger partial charge >= 0.3 is 6.18 Å². The Hall–Kier alpha value is -3.92. The van der Waals surface area contributed by atoms with Crippen LogP contribution < -0.4 is 5.32 Å². The summed E-state index contributed by atoms with van der Waals surface area (Å²) in [7, 11) is 1.57. The van der Waals surface area contributed by atoms with Crippen LogP contribution in [0.15, 0.2) is 66.7 Å². The molecule has 1 aromatic heterocycles. The number of rotatable bonds is 1. The highest BCUT2D eigenvalue weighted by Gasteiger charge is 2.30. The van der Waals surface area contributed by atoms with Crippen LogP contribution in [0.4, 0.5) is 13.2 Å². The maximum absolute atomic E-state index is 12.8. The van der Waals surface area contributed by atoms with Gasteiger partial charge in [-0.05, 0) is 41.0 Å². The molecule has 5 rings (SSSR count). The number of halogens is 3. The summed E-state index contributed by atoms with van der Waals surface area (Å²) in [5.41, 5.74) is 6.58. The molecule has 0 aliphatic heterocycles. The molecule has 0 atom stereocenters. The highest BCUT2D eigenvalue weighted by Crippen LogP contribution is 2.36. The molecule has 0 saturated carbocycles. The zero-order valence-electron chi connectivity index (χ0n) is 16.5. The van der Waals surface area contributed by atoms with E-state index in [-0.39, 0.29) is 0 Å². The van der Waals surface area contributed by atoms with E-state index in [1.54, 1.807) is 13.2 Å². The van der Waals surface area contributed by atoms with Crippen LogP contribution in [0.1, 0.15) is 16.8 Å². The fraction of sp³-hybridized carbons (Fsp3) is 0.125. The lowest BCUT2D eigenvalue weighted by Gasteiger charge is -2.09. The van der Waals surface area contributed by atoms with Crippen LogP contribution in [-0.2, 0) is 12.6 Å². The minimum atomic E-state index is -4.33. The van der Waals surface area contributed by atoms with Gasteiger partial charge in [0.15, 0.2) is 6.19 Å². The normalized spacial score (nSPS) is 11.7. The van der Waals surface area contributed by atoms with Crippen LogP contribution in [0.2, 0.25) is 0 Å². The molecule has 0 fully saturated rings. The largest absolute Gasteiger partial charge is 0.416 e. The summed E-state index contributed by atoms with van der Waals surface area (Å²) < 4.78 is 38.3. The van der Waals surface area contributed by atoms with Crippen LogP contribution in [0.5, 0.6) is 0 Å². The number of nitriles is 1. The predicted octanol–water partition coefficient (Wildman–Crippen LogP) is 5.57. The van der Waals surface area contributed by atoms with Gasteiger partial charge in [0.1, 0.15) is 0 Å². The van der Waals surface area contributed by atoms with E-state index >= 15 is 0 Å². The monoisotopic (exact) mass is 418 g/mol. The van der Waals surface area contributed by atoms with Gasteiger partial charge in [-0.25, -0.2) is 9.97 Å². The van der Waals surface area contributed by atoms with Crippen molar-refractivity contribution in [3.8, 4) is 28.6 Å². The van der Waals surface area contributed by atoms with Crippen LogP contribution >= 0.6 is 0 Å². The van der Waals surface area contributed by atoms with Crippen molar-refractivity contribution >= 4 is 11.0 Å². The number of benzene rings is 3. The fourth-order valence-electron chi connectivity index (χ4n) is 3.55. The molecular weight excluding hydrogens is 401 g/mol. The van der Waals surface area contributed by atoms with Gasteiger partial charge in [0.05, 0.1) is 28.0 Å². The van der Waals surface area contributed by atoms with E-state index in [2.05, 4.69) is 11.4 Å². The molecule has 4 aromatic rings. The summed E-state index contributed by atoms with van der Waals surface area (Å²) in [6.07, 6.45) is -1.88. The summed E-state index contributed by atoms with van der Waals surface area (Å²) in [4.78, 5) is 9.54. The molecule has 1 aliphatic rings. The van der Waals surface area contributed by atoms with Crippen molar-refractivity contribution in [3.05, 3.63) is 83.6 Å². The summed E-state index contributed by atoms with van der Waals surface area (Å²) in [6, 6.07) is 18.9. The third kappa shape index (κ3) is 4.05. The number of nitrogens with one attached hydrogen (secondary N) is 1. The Morgan fingerprint density at radius 2 is 1.58 bits per heavy atom. The maximum Gasteiger partial charge on any atom is 0.416 e. The quantitative estimate of drug-likeness (QED) is 0.285. The zero-order chi connectivity index (χ0) is 22.0. The van der Waals surface area contributed by atoms with E-state index in [0.29, 0.717) is 5.56 Å². The van der Waals surface area contributed by atoms with Gasteiger partial charge in [0.25, 0.3) is 0 Å². The molecule has 0 spiro atoms. The topological polar surface area (TPSA) is 61.6 Å². The molecule has 0 amide bonds. The second-order valence-corrected chi connectivity index (χ2v) is 6.99. The molecular formula is C24H17F3N4. The van der Waals surface area contributed by atoms with Crippen LogP contribution in [0, 0.1) is 11.5 Å². The van der Waals surface area contributed by atoms with Crippen LogP contribution in [0.3, 0.4) is 0 Å². The maximum atomic E-state index is 12.8. The van der Waals surface area contributed by atoms with Gasteiger partial charge in [0, 0.05) is 19.0 Å². The van der Waals surface area contributed by atoms with Crippen LogP contribution in [-0.4, -0.2) is 17.0 Å².